The van der Waals surface area contributed by atoms with Gasteiger partial charge in [-0.2, -0.15) is 15.0 Å². The molecule has 0 spiro atoms. The Morgan fingerprint density at radius 2 is 1.88 bits per heavy atom. The van der Waals surface area contributed by atoms with Crippen LogP contribution in [0.4, 0.5) is 11.9 Å². The van der Waals surface area contributed by atoms with E-state index in [2.05, 4.69) is 26.4 Å². The molecular formula is C11H17N5. The van der Waals surface area contributed by atoms with Gasteiger partial charge in [-0.15, -0.1) is 0 Å². The molecule has 1 aromatic heterocycles. The minimum atomic E-state index is 0.272. The number of nitrogen functional groups attached to an aromatic ring is 1. The third-order valence-corrected chi connectivity index (χ3v) is 2.66. The van der Waals surface area contributed by atoms with Crippen LogP contribution >= 0.6 is 0 Å². The Kier molecular flexibility index (Phi) is 3.03. The van der Waals surface area contributed by atoms with Crippen LogP contribution in [0.5, 0.6) is 0 Å². The molecule has 1 fully saturated rings. The van der Waals surface area contributed by atoms with Crippen molar-refractivity contribution in [3.8, 4) is 0 Å². The zero-order valence-electron chi connectivity index (χ0n) is 9.61. The van der Waals surface area contributed by atoms with Gasteiger partial charge < -0.3 is 10.6 Å². The van der Waals surface area contributed by atoms with E-state index in [0.29, 0.717) is 11.8 Å². The predicted octanol–water partition coefficient (Wildman–Crippen LogP) is 1.48. The highest BCUT2D eigenvalue weighted by atomic mass is 15.3. The Morgan fingerprint density at radius 3 is 2.50 bits per heavy atom. The minimum absolute atomic E-state index is 0.272. The van der Waals surface area contributed by atoms with Gasteiger partial charge in [0.05, 0.1) is 0 Å². The first-order valence-corrected chi connectivity index (χ1v) is 5.59. The maximum absolute atomic E-state index is 5.67. The van der Waals surface area contributed by atoms with Gasteiger partial charge >= 0.3 is 0 Å². The minimum Gasteiger partial charge on any atom is -0.368 e. The zero-order chi connectivity index (χ0) is 11.5. The SMILES string of the molecule is C=C(C)c1nc(N)nc(N2CCCCC2)n1. The van der Waals surface area contributed by atoms with Gasteiger partial charge in [0.25, 0.3) is 0 Å². The molecule has 5 nitrogen and oxygen atoms in total. The van der Waals surface area contributed by atoms with Gasteiger partial charge in [0, 0.05) is 13.1 Å². The van der Waals surface area contributed by atoms with Gasteiger partial charge in [0.1, 0.15) is 0 Å². The number of aromatic nitrogens is 3. The zero-order valence-corrected chi connectivity index (χ0v) is 9.61. The summed E-state index contributed by atoms with van der Waals surface area (Å²) in [6.45, 7) is 7.69. The molecule has 0 bridgehead atoms. The Labute approximate surface area is 95.4 Å². The van der Waals surface area contributed by atoms with Gasteiger partial charge in [-0.1, -0.05) is 6.58 Å². The summed E-state index contributed by atoms with van der Waals surface area (Å²) in [5.41, 5.74) is 6.49. The van der Waals surface area contributed by atoms with Crippen LogP contribution in [0.2, 0.25) is 0 Å². The Bertz CT molecular complexity index is 395. The van der Waals surface area contributed by atoms with E-state index in [-0.39, 0.29) is 5.95 Å². The normalized spacial score (nSPS) is 16.2. The summed E-state index contributed by atoms with van der Waals surface area (Å²) in [5, 5.41) is 0. The van der Waals surface area contributed by atoms with Gasteiger partial charge in [-0.3, -0.25) is 0 Å². The lowest BCUT2D eigenvalue weighted by atomic mass is 10.1. The smallest absolute Gasteiger partial charge is 0.230 e. The average molecular weight is 219 g/mol. The molecule has 1 aliphatic heterocycles. The van der Waals surface area contributed by atoms with Gasteiger partial charge in [-0.05, 0) is 31.8 Å². The van der Waals surface area contributed by atoms with Crippen molar-refractivity contribution < 1.29 is 0 Å². The van der Waals surface area contributed by atoms with Crippen molar-refractivity contribution >= 4 is 17.5 Å². The van der Waals surface area contributed by atoms with Crippen LogP contribution in [0.25, 0.3) is 5.57 Å². The lowest BCUT2D eigenvalue weighted by Gasteiger charge is -2.26. The Balaban J connectivity index is 2.28. The van der Waals surface area contributed by atoms with Crippen molar-refractivity contribution in [3.63, 3.8) is 0 Å². The van der Waals surface area contributed by atoms with Crippen LogP contribution in [0.3, 0.4) is 0 Å². The summed E-state index contributed by atoms with van der Waals surface area (Å²) in [6.07, 6.45) is 3.66. The Morgan fingerprint density at radius 1 is 1.19 bits per heavy atom. The van der Waals surface area contributed by atoms with Crippen LogP contribution in [-0.2, 0) is 0 Å². The number of hydrogen-bond donors (Lipinski definition) is 1. The largest absolute Gasteiger partial charge is 0.368 e. The highest BCUT2D eigenvalue weighted by molar-refractivity contribution is 5.56. The number of hydrogen-bond acceptors (Lipinski definition) is 5. The second-order valence-electron chi connectivity index (χ2n) is 4.15. The molecule has 2 N–H and O–H groups in total. The van der Waals surface area contributed by atoms with E-state index in [4.69, 9.17) is 5.73 Å². The van der Waals surface area contributed by atoms with E-state index in [1.54, 1.807) is 0 Å². The molecule has 0 radical (unpaired) electrons. The molecule has 0 unspecified atom stereocenters. The number of nitrogens with two attached hydrogens (primary N) is 1. The summed E-state index contributed by atoms with van der Waals surface area (Å²) in [7, 11) is 0. The quantitative estimate of drug-likeness (QED) is 0.816. The maximum Gasteiger partial charge on any atom is 0.230 e. The summed E-state index contributed by atoms with van der Waals surface area (Å²) in [4.78, 5) is 14.8. The van der Waals surface area contributed by atoms with Crippen molar-refractivity contribution in [2.75, 3.05) is 23.7 Å². The van der Waals surface area contributed by atoms with Gasteiger partial charge in [0.2, 0.25) is 11.9 Å². The van der Waals surface area contributed by atoms with Crippen molar-refractivity contribution in [1.82, 2.24) is 15.0 Å². The van der Waals surface area contributed by atoms with Crippen LogP contribution < -0.4 is 10.6 Å². The van der Waals surface area contributed by atoms with E-state index >= 15 is 0 Å². The molecular weight excluding hydrogens is 202 g/mol. The van der Waals surface area contributed by atoms with E-state index in [1.165, 1.54) is 19.3 Å². The summed E-state index contributed by atoms with van der Waals surface area (Å²) in [6, 6.07) is 0. The first-order chi connectivity index (χ1) is 7.66. The summed E-state index contributed by atoms with van der Waals surface area (Å²) in [5.74, 6) is 1.55. The second-order valence-corrected chi connectivity index (χ2v) is 4.15. The Hall–Kier alpha value is -1.65. The van der Waals surface area contributed by atoms with Gasteiger partial charge in [-0.25, -0.2) is 0 Å². The number of piperidine rings is 1. The third kappa shape index (κ3) is 2.29. The fraction of sp³-hybridized carbons (Fsp3) is 0.545. The lowest BCUT2D eigenvalue weighted by Crippen LogP contribution is -2.31. The molecule has 1 aliphatic rings. The molecule has 16 heavy (non-hydrogen) atoms. The summed E-state index contributed by atoms with van der Waals surface area (Å²) >= 11 is 0. The van der Waals surface area contributed by atoms with E-state index in [1.807, 2.05) is 6.92 Å². The first-order valence-electron chi connectivity index (χ1n) is 5.59. The van der Waals surface area contributed by atoms with Crippen LogP contribution in [0.15, 0.2) is 6.58 Å². The number of allylic oxidation sites excluding steroid dienone is 1. The van der Waals surface area contributed by atoms with Crippen molar-refractivity contribution in [1.29, 1.82) is 0 Å². The fourth-order valence-electron chi connectivity index (χ4n) is 1.81. The van der Waals surface area contributed by atoms with Crippen molar-refractivity contribution in [2.45, 2.75) is 26.2 Å². The molecule has 1 saturated heterocycles. The van der Waals surface area contributed by atoms with Crippen LogP contribution in [0.1, 0.15) is 32.0 Å². The average Bonchev–Trinajstić information content (AvgIpc) is 2.29. The topological polar surface area (TPSA) is 67.9 Å². The van der Waals surface area contributed by atoms with Crippen molar-refractivity contribution in [3.05, 3.63) is 12.4 Å². The molecule has 2 heterocycles. The highest BCUT2D eigenvalue weighted by Gasteiger charge is 2.15. The molecule has 86 valence electrons. The van der Waals surface area contributed by atoms with Crippen LogP contribution in [-0.4, -0.2) is 28.0 Å². The van der Waals surface area contributed by atoms with Gasteiger partial charge in [0.15, 0.2) is 5.82 Å². The molecule has 0 amide bonds. The molecule has 0 aromatic carbocycles. The maximum atomic E-state index is 5.67. The third-order valence-electron chi connectivity index (χ3n) is 2.66. The fourth-order valence-corrected chi connectivity index (χ4v) is 1.81. The van der Waals surface area contributed by atoms with E-state index in [0.717, 1.165) is 18.7 Å². The molecule has 5 heteroatoms. The molecule has 0 aliphatic carbocycles. The van der Waals surface area contributed by atoms with E-state index < -0.39 is 0 Å². The molecule has 0 atom stereocenters. The first kappa shape index (κ1) is 10.9. The van der Waals surface area contributed by atoms with Crippen molar-refractivity contribution in [2.24, 2.45) is 0 Å². The molecule has 1 aromatic rings. The lowest BCUT2D eigenvalue weighted by molar-refractivity contribution is 0.567. The molecule has 0 saturated carbocycles. The number of rotatable bonds is 2. The number of anilines is 2. The van der Waals surface area contributed by atoms with E-state index in [9.17, 15) is 0 Å². The van der Waals surface area contributed by atoms with Crippen LogP contribution in [0, 0.1) is 0 Å². The second kappa shape index (κ2) is 4.47. The molecule has 2 rings (SSSR count). The predicted molar refractivity (Wildman–Crippen MR) is 65.0 cm³/mol. The highest BCUT2D eigenvalue weighted by Crippen LogP contribution is 2.17. The monoisotopic (exact) mass is 219 g/mol. The summed E-state index contributed by atoms with van der Waals surface area (Å²) < 4.78 is 0. The number of nitrogens with zero attached hydrogens (tertiary/aromatic N) is 4. The standard InChI is InChI=1S/C11H17N5/c1-8(2)9-13-10(12)15-11(14-9)16-6-4-3-5-7-16/h1,3-7H2,2H3,(H2,12,13,14,15).